The van der Waals surface area contributed by atoms with Crippen molar-refractivity contribution in [3.05, 3.63) is 144 Å². The van der Waals surface area contributed by atoms with E-state index in [2.05, 4.69) is 20.7 Å². The van der Waals surface area contributed by atoms with Crippen LogP contribution in [0.2, 0.25) is 0 Å². The minimum absolute atomic E-state index is 0.0695. The second-order valence-electron chi connectivity index (χ2n) is 10.4. The maximum atomic E-state index is 13.9. The molecule has 0 radical (unpaired) electrons. The molecule has 0 spiro atoms. The quantitative estimate of drug-likeness (QED) is 0.126. The molecule has 0 fully saturated rings. The van der Waals surface area contributed by atoms with Crippen molar-refractivity contribution in [2.24, 2.45) is 0 Å². The Hall–Kier alpha value is -4.54. The van der Waals surface area contributed by atoms with E-state index in [1.54, 1.807) is 48.5 Å². The molecule has 0 aliphatic carbocycles. The summed E-state index contributed by atoms with van der Waals surface area (Å²) in [5, 5.41) is 8.54. The first kappa shape index (κ1) is 34.3. The first-order valence-electron chi connectivity index (χ1n) is 15.2. The lowest BCUT2D eigenvalue weighted by Crippen LogP contribution is -2.49. The summed E-state index contributed by atoms with van der Waals surface area (Å²) in [4.78, 5) is 54.0. The molecule has 4 rings (SSSR count). The molecule has 0 saturated heterocycles. The van der Waals surface area contributed by atoms with Gasteiger partial charge in [-0.25, -0.2) is 0 Å². The van der Waals surface area contributed by atoms with Gasteiger partial charge in [0, 0.05) is 35.7 Å². The summed E-state index contributed by atoms with van der Waals surface area (Å²) in [7, 11) is -1.36. The van der Waals surface area contributed by atoms with Gasteiger partial charge in [0.15, 0.2) is 0 Å². The van der Waals surface area contributed by atoms with Crippen LogP contribution in [0.5, 0.6) is 0 Å². The van der Waals surface area contributed by atoms with Crippen LogP contribution in [0.4, 0.5) is 4.79 Å². The second kappa shape index (κ2) is 17.8. The van der Waals surface area contributed by atoms with Crippen LogP contribution in [0.15, 0.2) is 121 Å². The lowest BCUT2D eigenvalue weighted by Gasteiger charge is -2.37. The van der Waals surface area contributed by atoms with Crippen molar-refractivity contribution in [3.8, 4) is 0 Å². The Kier molecular flexibility index (Phi) is 13.3. The number of carbonyl (C=O) groups excluding carboxylic acids is 4. The second-order valence-corrected chi connectivity index (χ2v) is 15.9. The van der Waals surface area contributed by atoms with Crippen LogP contribution < -0.4 is 20.7 Å². The first-order valence-corrected chi connectivity index (χ1v) is 18.5. The molecule has 4 N–H and O–H groups in total. The maximum absolute atomic E-state index is 13.9. The van der Waals surface area contributed by atoms with Gasteiger partial charge < -0.3 is 16.0 Å². The lowest BCUT2D eigenvalue weighted by atomic mass is 10.1. The highest BCUT2D eigenvalue weighted by atomic mass is 33.2. The first-order chi connectivity index (χ1) is 22.4. The van der Waals surface area contributed by atoms with Crippen LogP contribution >= 0.6 is 20.0 Å². The van der Waals surface area contributed by atoms with Crippen LogP contribution in [-0.2, 0) is 17.6 Å². The van der Waals surface area contributed by atoms with Crippen LogP contribution in [0.3, 0.4) is 0 Å². The van der Waals surface area contributed by atoms with E-state index in [0.717, 1.165) is 11.1 Å². The van der Waals surface area contributed by atoms with E-state index < -0.39 is 21.2 Å². The van der Waals surface area contributed by atoms with Gasteiger partial charge in [0.05, 0.1) is 0 Å². The van der Waals surface area contributed by atoms with Crippen molar-refractivity contribution in [2.75, 3.05) is 24.6 Å². The molecule has 0 bridgehead atoms. The predicted octanol–water partition coefficient (Wildman–Crippen LogP) is 5.91. The van der Waals surface area contributed by atoms with Gasteiger partial charge in [-0.15, -0.1) is 0 Å². The van der Waals surface area contributed by atoms with Crippen molar-refractivity contribution >= 4 is 43.0 Å². The van der Waals surface area contributed by atoms with Crippen molar-refractivity contribution < 1.29 is 19.2 Å². The van der Waals surface area contributed by atoms with Crippen LogP contribution in [0.25, 0.3) is 0 Å². The smallest absolute Gasteiger partial charge is 0.287 e. The standard InChI is InChI=1S/C36H40N4O4S2/c1-2-46(40-34(42)31-21-13-6-14-22-31,36(44)38-26-24-29-17-9-4-10-18-29)45-27-32(39-33(41)30-19-11-5-12-20-30)35(43)37-25-23-28-15-7-3-8-16-28/h3-22,32H,2,23-27H2,1H3,(H,37,43)(H,38,44)(H,39,41)(H,40,42). The fourth-order valence-electron chi connectivity index (χ4n) is 4.58. The van der Waals surface area contributed by atoms with Crippen molar-refractivity contribution in [2.45, 2.75) is 25.8 Å². The summed E-state index contributed by atoms with van der Waals surface area (Å²) in [5.41, 5.74) is 3.00. The van der Waals surface area contributed by atoms with E-state index in [4.69, 9.17) is 0 Å². The number of amides is 4. The molecule has 240 valence electrons. The zero-order valence-electron chi connectivity index (χ0n) is 25.8. The average molecular weight is 657 g/mol. The van der Waals surface area contributed by atoms with Crippen molar-refractivity contribution in [1.29, 1.82) is 0 Å². The molecule has 0 aromatic heterocycles. The zero-order chi connectivity index (χ0) is 32.6. The summed E-state index contributed by atoms with van der Waals surface area (Å²) < 4.78 is 3.04. The molecule has 10 heteroatoms. The van der Waals surface area contributed by atoms with E-state index in [1.165, 1.54) is 10.8 Å². The highest BCUT2D eigenvalue weighted by Gasteiger charge is 2.36. The molecular weight excluding hydrogens is 617 g/mol. The molecule has 0 saturated carbocycles. The lowest BCUT2D eigenvalue weighted by molar-refractivity contribution is -0.122. The van der Waals surface area contributed by atoms with E-state index in [1.807, 2.05) is 79.7 Å². The summed E-state index contributed by atoms with van der Waals surface area (Å²) in [6, 6.07) is 36.1. The molecule has 0 aliphatic rings. The fourth-order valence-corrected chi connectivity index (χ4v) is 9.27. The fraction of sp³-hybridized carbons (Fsp3) is 0.222. The van der Waals surface area contributed by atoms with Gasteiger partial charge in [0.1, 0.15) is 6.04 Å². The Morgan fingerprint density at radius 1 is 0.630 bits per heavy atom. The number of benzene rings is 4. The molecule has 46 heavy (non-hydrogen) atoms. The van der Waals surface area contributed by atoms with Gasteiger partial charge in [-0.1, -0.05) is 115 Å². The van der Waals surface area contributed by atoms with E-state index >= 15 is 0 Å². The average Bonchev–Trinajstić information content (AvgIpc) is 3.10. The Balaban J connectivity index is 1.52. The monoisotopic (exact) mass is 656 g/mol. The van der Waals surface area contributed by atoms with Gasteiger partial charge in [0.25, 0.3) is 17.1 Å². The normalized spacial score (nSPS) is 13.3. The number of hydrogen-bond acceptors (Lipinski definition) is 5. The van der Waals surface area contributed by atoms with E-state index in [0.29, 0.717) is 42.8 Å². The molecule has 4 aromatic rings. The van der Waals surface area contributed by atoms with Gasteiger partial charge in [-0.05, 0) is 57.5 Å². The molecular formula is C36H40N4O4S2. The zero-order valence-corrected chi connectivity index (χ0v) is 27.4. The third kappa shape index (κ3) is 10.3. The van der Waals surface area contributed by atoms with Crippen LogP contribution in [-0.4, -0.2) is 53.6 Å². The van der Waals surface area contributed by atoms with Crippen molar-refractivity contribution in [1.82, 2.24) is 20.7 Å². The molecule has 4 amide bonds. The van der Waals surface area contributed by atoms with Gasteiger partial charge in [0.2, 0.25) is 5.91 Å². The third-order valence-corrected chi connectivity index (χ3v) is 13.1. The predicted molar refractivity (Wildman–Crippen MR) is 189 cm³/mol. The number of rotatable bonds is 14. The SMILES string of the molecule is CCS(NC(=O)c1ccccc1)(SCC(NC(=O)c1ccccc1)C(=O)NCCc1ccccc1)C(=O)NCCc1ccccc1. The molecule has 2 atom stereocenters. The maximum Gasteiger partial charge on any atom is 0.287 e. The third-order valence-electron chi connectivity index (χ3n) is 7.17. The Labute approximate surface area is 276 Å². The summed E-state index contributed by atoms with van der Waals surface area (Å²) in [6.45, 7) is 2.61. The highest BCUT2D eigenvalue weighted by Crippen LogP contribution is 2.57. The highest BCUT2D eigenvalue weighted by molar-refractivity contribution is 8.99. The molecule has 8 nitrogen and oxygen atoms in total. The van der Waals surface area contributed by atoms with Gasteiger partial charge in [-0.2, -0.15) is 0 Å². The molecule has 0 aliphatic heterocycles. The Morgan fingerprint density at radius 3 is 1.59 bits per heavy atom. The van der Waals surface area contributed by atoms with E-state index in [-0.39, 0.29) is 22.8 Å². The molecule has 4 aromatic carbocycles. The summed E-state index contributed by atoms with van der Waals surface area (Å²) in [6.07, 6.45) is 1.25. The topological polar surface area (TPSA) is 116 Å². The van der Waals surface area contributed by atoms with Crippen LogP contribution in [0, 0.1) is 0 Å². The van der Waals surface area contributed by atoms with Crippen molar-refractivity contribution in [3.63, 3.8) is 0 Å². The molecule has 0 heterocycles. The number of nitrogens with one attached hydrogen (secondary N) is 4. The van der Waals surface area contributed by atoms with Gasteiger partial charge in [-0.3, -0.25) is 23.9 Å². The number of hydrogen-bond donors (Lipinski definition) is 4. The van der Waals surface area contributed by atoms with Gasteiger partial charge >= 0.3 is 0 Å². The summed E-state index contributed by atoms with van der Waals surface area (Å²) in [5.74, 6) is -0.749. The van der Waals surface area contributed by atoms with E-state index in [9.17, 15) is 19.2 Å². The number of carbonyl (C=O) groups is 4. The largest absolute Gasteiger partial charge is 0.354 e. The summed E-state index contributed by atoms with van der Waals surface area (Å²) >= 11 is 0. The minimum atomic E-state index is -2.57. The Bertz CT molecular complexity index is 1560. The Morgan fingerprint density at radius 2 is 1.09 bits per heavy atom. The van der Waals surface area contributed by atoms with Crippen LogP contribution in [0.1, 0.15) is 38.8 Å². The molecule has 2 unspecified atom stereocenters. The minimum Gasteiger partial charge on any atom is -0.354 e.